The van der Waals surface area contributed by atoms with Crippen LogP contribution in [-0.2, 0) is 19.1 Å². The molecule has 0 unspecified atom stereocenters. The average Bonchev–Trinajstić information content (AvgIpc) is 2.48. The number of para-hydroxylation sites is 2. The third-order valence-electron chi connectivity index (χ3n) is 2.62. The molecule has 0 spiro atoms. The minimum Gasteiger partial charge on any atom is -0.495 e. The lowest BCUT2D eigenvalue weighted by atomic mass is 10.2. The maximum atomic E-state index is 11.7. The lowest BCUT2D eigenvalue weighted by Crippen LogP contribution is -2.13. The van der Waals surface area contributed by atoms with Gasteiger partial charge in [0.15, 0.2) is 0 Å². The van der Waals surface area contributed by atoms with E-state index in [9.17, 15) is 9.59 Å². The predicted octanol–water partition coefficient (Wildman–Crippen LogP) is 2.51. The quantitative estimate of drug-likeness (QED) is 0.587. The molecule has 0 aromatic heterocycles. The van der Waals surface area contributed by atoms with Crippen LogP contribution in [0.1, 0.15) is 20.3 Å². The van der Waals surface area contributed by atoms with E-state index in [0.717, 1.165) is 0 Å². The topological polar surface area (TPSA) is 73.9 Å². The highest BCUT2D eigenvalue weighted by Gasteiger charge is 2.12. The van der Waals surface area contributed by atoms with Crippen molar-refractivity contribution in [2.75, 3.05) is 25.6 Å². The van der Waals surface area contributed by atoms with E-state index in [1.54, 1.807) is 33.1 Å². The molecular weight excluding hydrogens is 286 g/mol. The van der Waals surface area contributed by atoms with Gasteiger partial charge in [0.2, 0.25) is 0 Å². The summed E-state index contributed by atoms with van der Waals surface area (Å²) in [6.07, 6.45) is 1.18. The fourth-order valence-electron chi connectivity index (χ4n) is 1.75. The van der Waals surface area contributed by atoms with Gasteiger partial charge in [-0.05, 0) is 26.0 Å². The Labute approximate surface area is 130 Å². The summed E-state index contributed by atoms with van der Waals surface area (Å²) in [6.45, 7) is 3.97. The Balaban J connectivity index is 2.94. The predicted molar refractivity (Wildman–Crippen MR) is 82.6 cm³/mol. The van der Waals surface area contributed by atoms with Crippen LogP contribution in [0.15, 0.2) is 36.0 Å². The molecule has 0 aliphatic rings. The minimum atomic E-state index is -0.524. The molecule has 6 nitrogen and oxygen atoms in total. The smallest absolute Gasteiger partial charge is 0.332 e. The molecule has 1 aromatic carbocycles. The largest absolute Gasteiger partial charge is 0.495 e. The number of nitrogens with one attached hydrogen (secondary N) is 1. The Morgan fingerprint density at radius 2 is 1.82 bits per heavy atom. The van der Waals surface area contributed by atoms with Crippen molar-refractivity contribution in [3.63, 3.8) is 0 Å². The number of benzene rings is 1. The molecule has 0 saturated heterocycles. The van der Waals surface area contributed by atoms with Gasteiger partial charge in [0, 0.05) is 11.8 Å². The Bertz CT molecular complexity index is 539. The maximum absolute atomic E-state index is 11.7. The fourth-order valence-corrected chi connectivity index (χ4v) is 1.75. The molecule has 120 valence electrons. The van der Waals surface area contributed by atoms with E-state index in [0.29, 0.717) is 17.1 Å². The van der Waals surface area contributed by atoms with E-state index in [4.69, 9.17) is 14.2 Å². The van der Waals surface area contributed by atoms with Gasteiger partial charge in [0.25, 0.3) is 0 Å². The monoisotopic (exact) mass is 307 g/mol. The first kappa shape index (κ1) is 17.6. The summed E-state index contributed by atoms with van der Waals surface area (Å²) in [5, 5.41) is 3.01. The standard InChI is InChI=1S/C16H21NO5/c1-4-21-15(18)10-12(11-16(19)22-5-2)17-13-8-6-7-9-14(13)20-3/h6-10,17H,4-5,11H2,1-3H3. The average molecular weight is 307 g/mol. The van der Waals surface area contributed by atoms with Crippen LogP contribution in [0.4, 0.5) is 5.69 Å². The number of carbonyl (C=O) groups is 2. The zero-order valence-electron chi connectivity index (χ0n) is 13.0. The molecule has 0 saturated carbocycles. The Kier molecular flexibility index (Phi) is 7.53. The van der Waals surface area contributed by atoms with E-state index in [1.807, 2.05) is 12.1 Å². The number of hydrogen-bond acceptors (Lipinski definition) is 6. The molecular formula is C16H21NO5. The number of hydrogen-bond donors (Lipinski definition) is 1. The third-order valence-corrected chi connectivity index (χ3v) is 2.62. The van der Waals surface area contributed by atoms with Crippen molar-refractivity contribution in [2.24, 2.45) is 0 Å². The van der Waals surface area contributed by atoms with Crippen molar-refractivity contribution < 1.29 is 23.8 Å². The molecule has 1 N–H and O–H groups in total. The van der Waals surface area contributed by atoms with Gasteiger partial charge in [-0.3, -0.25) is 4.79 Å². The van der Waals surface area contributed by atoms with Crippen molar-refractivity contribution in [2.45, 2.75) is 20.3 Å². The van der Waals surface area contributed by atoms with Crippen molar-refractivity contribution in [3.8, 4) is 5.75 Å². The minimum absolute atomic E-state index is 0.0648. The second-order valence-corrected chi connectivity index (χ2v) is 4.23. The van der Waals surface area contributed by atoms with Crippen molar-refractivity contribution in [3.05, 3.63) is 36.0 Å². The molecule has 6 heteroatoms. The lowest BCUT2D eigenvalue weighted by Gasteiger charge is -2.13. The van der Waals surface area contributed by atoms with Gasteiger partial charge in [-0.2, -0.15) is 0 Å². The van der Waals surface area contributed by atoms with Crippen LogP contribution >= 0.6 is 0 Å². The Morgan fingerprint density at radius 1 is 1.14 bits per heavy atom. The Hall–Kier alpha value is -2.50. The first-order valence-electron chi connectivity index (χ1n) is 7.03. The molecule has 1 rings (SSSR count). The van der Waals surface area contributed by atoms with Crippen LogP contribution in [-0.4, -0.2) is 32.3 Å². The molecule has 1 aromatic rings. The number of rotatable bonds is 8. The highest BCUT2D eigenvalue weighted by Crippen LogP contribution is 2.25. The second kappa shape index (κ2) is 9.44. The summed E-state index contributed by atoms with van der Waals surface area (Å²) in [7, 11) is 1.54. The molecule has 0 radical (unpaired) electrons. The van der Waals surface area contributed by atoms with Crippen molar-refractivity contribution >= 4 is 17.6 Å². The van der Waals surface area contributed by atoms with Gasteiger partial charge >= 0.3 is 11.9 Å². The van der Waals surface area contributed by atoms with Crippen LogP contribution in [0.25, 0.3) is 0 Å². The highest BCUT2D eigenvalue weighted by atomic mass is 16.5. The van der Waals surface area contributed by atoms with Crippen LogP contribution in [0.2, 0.25) is 0 Å². The Morgan fingerprint density at radius 3 is 2.45 bits per heavy atom. The van der Waals surface area contributed by atoms with E-state index in [-0.39, 0.29) is 19.6 Å². The van der Waals surface area contributed by atoms with Gasteiger partial charge < -0.3 is 19.5 Å². The number of carbonyl (C=O) groups excluding carboxylic acids is 2. The van der Waals surface area contributed by atoms with Crippen LogP contribution in [0.3, 0.4) is 0 Å². The summed E-state index contributed by atoms with van der Waals surface area (Å²) in [4.78, 5) is 23.3. The van der Waals surface area contributed by atoms with Crippen LogP contribution in [0.5, 0.6) is 5.75 Å². The van der Waals surface area contributed by atoms with E-state index in [2.05, 4.69) is 5.32 Å². The van der Waals surface area contributed by atoms with E-state index >= 15 is 0 Å². The highest BCUT2D eigenvalue weighted by molar-refractivity contribution is 5.86. The lowest BCUT2D eigenvalue weighted by molar-refractivity contribution is -0.142. The third kappa shape index (κ3) is 5.87. The van der Waals surface area contributed by atoms with Gasteiger partial charge in [-0.1, -0.05) is 12.1 Å². The molecule has 0 atom stereocenters. The summed E-state index contributed by atoms with van der Waals surface area (Å²) in [5.74, 6) is -0.356. The second-order valence-electron chi connectivity index (χ2n) is 4.23. The first-order chi connectivity index (χ1) is 10.6. The zero-order chi connectivity index (χ0) is 16.4. The van der Waals surface area contributed by atoms with Gasteiger partial charge in [-0.25, -0.2) is 4.79 Å². The fraction of sp³-hybridized carbons (Fsp3) is 0.375. The number of methoxy groups -OCH3 is 1. The first-order valence-corrected chi connectivity index (χ1v) is 7.03. The van der Waals surface area contributed by atoms with Crippen LogP contribution < -0.4 is 10.1 Å². The van der Waals surface area contributed by atoms with Crippen molar-refractivity contribution in [1.29, 1.82) is 0 Å². The number of ether oxygens (including phenoxy) is 3. The SMILES string of the molecule is CCOC(=O)C=C(CC(=O)OCC)Nc1ccccc1OC. The molecule has 22 heavy (non-hydrogen) atoms. The molecule has 0 aliphatic carbocycles. The number of esters is 2. The van der Waals surface area contributed by atoms with E-state index < -0.39 is 11.9 Å². The summed E-state index contributed by atoms with van der Waals surface area (Å²) < 4.78 is 15.0. The molecule has 0 aliphatic heterocycles. The van der Waals surface area contributed by atoms with Gasteiger partial charge in [0.05, 0.1) is 32.4 Å². The van der Waals surface area contributed by atoms with Crippen molar-refractivity contribution in [1.82, 2.24) is 0 Å². The maximum Gasteiger partial charge on any atom is 0.332 e. The normalized spacial score (nSPS) is 10.8. The summed E-state index contributed by atoms with van der Waals surface area (Å²) in [6, 6.07) is 7.19. The molecule has 0 heterocycles. The zero-order valence-corrected chi connectivity index (χ0v) is 13.0. The van der Waals surface area contributed by atoms with Crippen LogP contribution in [0, 0.1) is 0 Å². The van der Waals surface area contributed by atoms with Gasteiger partial charge in [0.1, 0.15) is 5.75 Å². The van der Waals surface area contributed by atoms with Gasteiger partial charge in [-0.15, -0.1) is 0 Å². The molecule has 0 bridgehead atoms. The van der Waals surface area contributed by atoms with E-state index in [1.165, 1.54) is 6.08 Å². The molecule has 0 amide bonds. The summed E-state index contributed by atoms with van der Waals surface area (Å²) >= 11 is 0. The molecule has 0 fully saturated rings. The summed E-state index contributed by atoms with van der Waals surface area (Å²) in [5.41, 5.74) is 1.02. The number of anilines is 1.